The highest BCUT2D eigenvalue weighted by atomic mass is 16.5. The lowest BCUT2D eigenvalue weighted by molar-refractivity contribution is 0.169. The zero-order valence-corrected chi connectivity index (χ0v) is 12.2. The quantitative estimate of drug-likeness (QED) is 0.815. The summed E-state index contributed by atoms with van der Waals surface area (Å²) in [4.78, 5) is 3.97. The monoisotopic (exact) mass is 288 g/mol. The van der Waals surface area contributed by atoms with Gasteiger partial charge in [0.25, 0.3) is 0 Å². The van der Waals surface area contributed by atoms with E-state index >= 15 is 0 Å². The van der Waals surface area contributed by atoms with Crippen LogP contribution in [0, 0.1) is 0 Å². The summed E-state index contributed by atoms with van der Waals surface area (Å²) >= 11 is 0. The van der Waals surface area contributed by atoms with Gasteiger partial charge in [0.15, 0.2) is 0 Å². The minimum Gasteiger partial charge on any atom is -0.497 e. The fraction of sp³-hybridized carbons (Fsp3) is 0.312. The van der Waals surface area contributed by atoms with E-state index in [1.54, 1.807) is 44.8 Å². The first kappa shape index (κ1) is 15.3. The van der Waals surface area contributed by atoms with E-state index in [0.717, 1.165) is 5.56 Å². The second-order valence-electron chi connectivity index (χ2n) is 4.61. The lowest BCUT2D eigenvalue weighted by Gasteiger charge is -2.16. The van der Waals surface area contributed by atoms with Crippen LogP contribution in [0.2, 0.25) is 0 Å². The molecule has 1 aromatic heterocycles. The number of hydrogen-bond acceptors (Lipinski definition) is 5. The fourth-order valence-electron chi connectivity index (χ4n) is 2.06. The van der Waals surface area contributed by atoms with Gasteiger partial charge in [0.2, 0.25) is 0 Å². The summed E-state index contributed by atoms with van der Waals surface area (Å²) in [5.74, 6) is 1.34. The van der Waals surface area contributed by atoms with Gasteiger partial charge in [-0.15, -0.1) is 0 Å². The Morgan fingerprint density at radius 3 is 2.57 bits per heavy atom. The van der Waals surface area contributed by atoms with Gasteiger partial charge in [-0.2, -0.15) is 0 Å². The lowest BCUT2D eigenvalue weighted by atomic mass is 10.1. The number of rotatable bonds is 7. The summed E-state index contributed by atoms with van der Waals surface area (Å²) in [6.45, 7) is 1.09. The van der Waals surface area contributed by atoms with E-state index in [1.165, 1.54) is 0 Å². The molecule has 2 N–H and O–H groups in total. The zero-order valence-electron chi connectivity index (χ0n) is 12.2. The topological polar surface area (TPSA) is 63.6 Å². The number of nitrogens with zero attached hydrogens (tertiary/aromatic N) is 1. The smallest absolute Gasteiger partial charge is 0.124 e. The first-order valence-corrected chi connectivity index (χ1v) is 6.74. The van der Waals surface area contributed by atoms with Crippen molar-refractivity contribution in [3.05, 3.63) is 53.9 Å². The van der Waals surface area contributed by atoms with E-state index in [0.29, 0.717) is 30.2 Å². The summed E-state index contributed by atoms with van der Waals surface area (Å²) in [5, 5.41) is 13.5. The molecular weight excluding hydrogens is 268 g/mol. The number of pyridine rings is 1. The van der Waals surface area contributed by atoms with Crippen molar-refractivity contribution in [2.24, 2.45) is 0 Å². The number of methoxy groups -OCH3 is 2. The van der Waals surface area contributed by atoms with Gasteiger partial charge in [0.05, 0.1) is 20.3 Å². The van der Waals surface area contributed by atoms with Crippen molar-refractivity contribution >= 4 is 0 Å². The molecule has 0 aliphatic heterocycles. The second kappa shape index (κ2) is 7.61. The molecule has 0 fully saturated rings. The molecule has 0 aliphatic rings. The summed E-state index contributed by atoms with van der Waals surface area (Å²) in [7, 11) is 3.18. The Hall–Kier alpha value is -2.11. The van der Waals surface area contributed by atoms with Gasteiger partial charge >= 0.3 is 0 Å². The predicted molar refractivity (Wildman–Crippen MR) is 80.4 cm³/mol. The molecule has 0 saturated heterocycles. The highest BCUT2D eigenvalue weighted by Crippen LogP contribution is 2.29. The van der Waals surface area contributed by atoms with Crippen molar-refractivity contribution in [1.82, 2.24) is 10.3 Å². The molecule has 0 bridgehead atoms. The molecule has 2 rings (SSSR count). The molecule has 1 heterocycles. The van der Waals surface area contributed by atoms with Gasteiger partial charge in [-0.05, 0) is 35.9 Å². The fourth-order valence-corrected chi connectivity index (χ4v) is 2.06. The van der Waals surface area contributed by atoms with Crippen LogP contribution in [0.5, 0.6) is 11.5 Å². The molecule has 0 spiro atoms. The number of hydrogen-bond donors (Lipinski definition) is 2. The van der Waals surface area contributed by atoms with Crippen LogP contribution in [-0.2, 0) is 6.54 Å². The second-order valence-corrected chi connectivity index (χ2v) is 4.61. The van der Waals surface area contributed by atoms with E-state index in [1.807, 2.05) is 12.1 Å². The van der Waals surface area contributed by atoms with Crippen molar-refractivity contribution in [3.63, 3.8) is 0 Å². The molecule has 1 atom stereocenters. The summed E-state index contributed by atoms with van der Waals surface area (Å²) in [6, 6.07) is 9.26. The van der Waals surface area contributed by atoms with Crippen LogP contribution in [-0.4, -0.2) is 30.9 Å². The maximum atomic E-state index is 10.3. The number of ether oxygens (including phenoxy) is 2. The van der Waals surface area contributed by atoms with Gasteiger partial charge in [-0.25, -0.2) is 0 Å². The first-order valence-electron chi connectivity index (χ1n) is 6.74. The Morgan fingerprint density at radius 2 is 1.90 bits per heavy atom. The SMILES string of the molecule is COc1ccc(OC)c(C(O)CNCc2ccncc2)c1. The molecule has 112 valence electrons. The van der Waals surface area contributed by atoms with Gasteiger partial charge < -0.3 is 19.9 Å². The van der Waals surface area contributed by atoms with Gasteiger partial charge in [-0.3, -0.25) is 4.98 Å². The molecule has 5 heteroatoms. The van der Waals surface area contributed by atoms with E-state index < -0.39 is 6.10 Å². The van der Waals surface area contributed by atoms with E-state index in [4.69, 9.17) is 9.47 Å². The van der Waals surface area contributed by atoms with Crippen molar-refractivity contribution in [2.45, 2.75) is 12.6 Å². The lowest BCUT2D eigenvalue weighted by Crippen LogP contribution is -2.21. The number of benzene rings is 1. The average molecular weight is 288 g/mol. The normalized spacial score (nSPS) is 12.0. The van der Waals surface area contributed by atoms with Crippen LogP contribution in [0.3, 0.4) is 0 Å². The minimum absolute atomic E-state index is 0.422. The number of aliphatic hydroxyl groups excluding tert-OH is 1. The Morgan fingerprint density at radius 1 is 1.14 bits per heavy atom. The Bertz CT molecular complexity index is 561. The average Bonchev–Trinajstić information content (AvgIpc) is 2.55. The van der Waals surface area contributed by atoms with Crippen LogP contribution >= 0.6 is 0 Å². The Labute approximate surface area is 124 Å². The van der Waals surface area contributed by atoms with Crippen molar-refractivity contribution in [3.8, 4) is 11.5 Å². The van der Waals surface area contributed by atoms with Crippen LogP contribution in [0.25, 0.3) is 0 Å². The molecule has 0 amide bonds. The third-order valence-electron chi connectivity index (χ3n) is 3.21. The van der Waals surface area contributed by atoms with Crippen LogP contribution in [0.15, 0.2) is 42.7 Å². The molecule has 1 unspecified atom stereocenters. The molecule has 5 nitrogen and oxygen atoms in total. The molecule has 1 aromatic carbocycles. The molecule has 0 radical (unpaired) electrons. The van der Waals surface area contributed by atoms with Gasteiger partial charge in [0, 0.05) is 31.0 Å². The van der Waals surface area contributed by atoms with Gasteiger partial charge in [-0.1, -0.05) is 0 Å². The minimum atomic E-state index is -0.670. The standard InChI is InChI=1S/C16H20N2O3/c1-20-13-3-4-16(21-2)14(9-13)15(19)11-18-10-12-5-7-17-8-6-12/h3-9,15,18-19H,10-11H2,1-2H3. The first-order chi connectivity index (χ1) is 10.2. The number of nitrogens with one attached hydrogen (secondary N) is 1. The van der Waals surface area contributed by atoms with Crippen LogP contribution in [0.1, 0.15) is 17.2 Å². The van der Waals surface area contributed by atoms with E-state index in [2.05, 4.69) is 10.3 Å². The van der Waals surface area contributed by atoms with Crippen LogP contribution < -0.4 is 14.8 Å². The number of aliphatic hydroxyl groups is 1. The Kier molecular flexibility index (Phi) is 5.54. The Balaban J connectivity index is 1.97. The van der Waals surface area contributed by atoms with E-state index in [9.17, 15) is 5.11 Å². The molecule has 0 aliphatic carbocycles. The third-order valence-corrected chi connectivity index (χ3v) is 3.21. The predicted octanol–water partition coefficient (Wildman–Crippen LogP) is 1.92. The molecule has 0 saturated carbocycles. The largest absolute Gasteiger partial charge is 0.497 e. The highest BCUT2D eigenvalue weighted by molar-refractivity contribution is 5.41. The van der Waals surface area contributed by atoms with Crippen LogP contribution in [0.4, 0.5) is 0 Å². The van der Waals surface area contributed by atoms with Gasteiger partial charge in [0.1, 0.15) is 11.5 Å². The highest BCUT2D eigenvalue weighted by Gasteiger charge is 2.14. The third kappa shape index (κ3) is 4.18. The maximum absolute atomic E-state index is 10.3. The number of aromatic nitrogens is 1. The van der Waals surface area contributed by atoms with Crippen molar-refractivity contribution < 1.29 is 14.6 Å². The zero-order chi connectivity index (χ0) is 15.1. The molecular formula is C16H20N2O3. The molecule has 2 aromatic rings. The summed E-state index contributed by atoms with van der Waals surface area (Å²) < 4.78 is 10.5. The van der Waals surface area contributed by atoms with Crippen molar-refractivity contribution in [1.29, 1.82) is 0 Å². The molecule has 21 heavy (non-hydrogen) atoms. The summed E-state index contributed by atoms with van der Waals surface area (Å²) in [5.41, 5.74) is 1.83. The maximum Gasteiger partial charge on any atom is 0.124 e. The van der Waals surface area contributed by atoms with E-state index in [-0.39, 0.29) is 0 Å². The van der Waals surface area contributed by atoms with Crippen molar-refractivity contribution in [2.75, 3.05) is 20.8 Å². The summed E-state index contributed by atoms with van der Waals surface area (Å²) in [6.07, 6.45) is 2.83.